The molecule has 14 heteroatoms. The number of para-hydroxylation sites is 2. The summed E-state index contributed by atoms with van der Waals surface area (Å²) in [5.74, 6) is -0.961. The first-order valence-electron chi connectivity index (χ1n) is 13.5. The Morgan fingerprint density at radius 3 is 2.48 bits per heavy atom. The van der Waals surface area contributed by atoms with E-state index in [-0.39, 0.29) is 46.1 Å². The Morgan fingerprint density at radius 2 is 1.74 bits per heavy atom. The fourth-order valence-electron chi connectivity index (χ4n) is 4.35. The number of aromatic nitrogens is 2. The predicted octanol–water partition coefficient (Wildman–Crippen LogP) is 8.04. The molecule has 0 bridgehead atoms. The van der Waals surface area contributed by atoms with E-state index in [9.17, 15) is 27.2 Å². The first-order chi connectivity index (χ1) is 22.0. The van der Waals surface area contributed by atoms with Crippen LogP contribution >= 0.6 is 31.9 Å². The highest BCUT2D eigenvalue weighted by molar-refractivity contribution is 9.13. The summed E-state index contributed by atoms with van der Waals surface area (Å²) in [6.45, 7) is 1.47. The van der Waals surface area contributed by atoms with E-state index in [4.69, 9.17) is 9.47 Å². The average molecular weight is 762 g/mol. The molecule has 1 amide bonds. The Hall–Kier alpha value is -4.56. The summed E-state index contributed by atoms with van der Waals surface area (Å²) in [7, 11) is 0. The van der Waals surface area contributed by atoms with Gasteiger partial charge in [-0.1, -0.05) is 36.4 Å². The molecule has 0 radical (unpaired) electrons. The maximum absolute atomic E-state index is 14.0. The summed E-state index contributed by atoms with van der Waals surface area (Å²) in [6.07, 6.45) is -3.31. The molecule has 0 saturated heterocycles. The molecule has 8 nitrogen and oxygen atoms in total. The van der Waals surface area contributed by atoms with E-state index < -0.39 is 35.6 Å². The van der Waals surface area contributed by atoms with Crippen LogP contribution in [0.25, 0.3) is 22.3 Å². The van der Waals surface area contributed by atoms with Gasteiger partial charge in [-0.25, -0.2) is 9.37 Å². The SMILES string of the molecule is CCOc1cc(C=Nn2c(-c3cccc(C(F)(F)F)c3)nc3ccccc3c2=O)c(Br)c(Br)c1OCC(=O)Nc1ccccc1F. The number of amides is 1. The Kier molecular flexibility index (Phi) is 9.87. The summed E-state index contributed by atoms with van der Waals surface area (Å²) < 4.78 is 67.7. The van der Waals surface area contributed by atoms with Crippen molar-refractivity contribution in [1.82, 2.24) is 9.66 Å². The Morgan fingerprint density at radius 1 is 1.00 bits per heavy atom. The summed E-state index contributed by atoms with van der Waals surface area (Å²) in [4.78, 5) is 30.5. The van der Waals surface area contributed by atoms with E-state index in [0.717, 1.165) is 16.8 Å². The van der Waals surface area contributed by atoms with Crippen LogP contribution < -0.4 is 20.3 Å². The second kappa shape index (κ2) is 13.8. The third kappa shape index (κ3) is 7.12. The molecule has 1 heterocycles. The molecule has 1 N–H and O–H groups in total. The molecule has 0 spiro atoms. The van der Waals surface area contributed by atoms with Crippen molar-refractivity contribution in [2.45, 2.75) is 13.1 Å². The summed E-state index contributed by atoms with van der Waals surface area (Å²) in [5, 5.41) is 6.99. The van der Waals surface area contributed by atoms with Gasteiger partial charge in [-0.3, -0.25) is 9.59 Å². The minimum atomic E-state index is -4.61. The number of ether oxygens (including phenoxy) is 2. The van der Waals surface area contributed by atoms with Crippen molar-refractivity contribution in [3.05, 3.63) is 115 Å². The summed E-state index contributed by atoms with van der Waals surface area (Å²) >= 11 is 6.90. The Labute approximate surface area is 275 Å². The second-order valence-electron chi connectivity index (χ2n) is 9.56. The van der Waals surface area contributed by atoms with Gasteiger partial charge in [-0.2, -0.15) is 22.9 Å². The molecule has 5 aromatic rings. The molecule has 4 aromatic carbocycles. The van der Waals surface area contributed by atoms with Crippen molar-refractivity contribution in [1.29, 1.82) is 0 Å². The number of carbonyl (C=O) groups excluding carboxylic acids is 1. The van der Waals surface area contributed by atoms with E-state index in [2.05, 4.69) is 47.3 Å². The minimum Gasteiger partial charge on any atom is -0.490 e. The van der Waals surface area contributed by atoms with E-state index >= 15 is 0 Å². The van der Waals surface area contributed by atoms with Gasteiger partial charge in [-0.15, -0.1) is 0 Å². The van der Waals surface area contributed by atoms with Crippen LogP contribution in [0.5, 0.6) is 11.5 Å². The fraction of sp³-hybridized carbons (Fsp3) is 0.125. The predicted molar refractivity (Wildman–Crippen MR) is 173 cm³/mol. The summed E-state index contributed by atoms with van der Waals surface area (Å²) in [6, 6.07) is 18.1. The molecule has 0 aliphatic heterocycles. The zero-order chi connectivity index (χ0) is 33.0. The first kappa shape index (κ1) is 32.8. The van der Waals surface area contributed by atoms with E-state index in [1.165, 1.54) is 42.6 Å². The first-order valence-corrected chi connectivity index (χ1v) is 15.1. The highest BCUT2D eigenvalue weighted by Gasteiger charge is 2.31. The van der Waals surface area contributed by atoms with Crippen LogP contribution in [-0.2, 0) is 11.0 Å². The molecule has 0 fully saturated rings. The van der Waals surface area contributed by atoms with Gasteiger partial charge in [0, 0.05) is 15.6 Å². The molecule has 0 unspecified atom stereocenters. The van der Waals surface area contributed by atoms with E-state index in [1.807, 2.05) is 0 Å². The van der Waals surface area contributed by atoms with Crippen LogP contribution in [0.15, 0.2) is 97.7 Å². The Balaban J connectivity index is 1.53. The van der Waals surface area contributed by atoms with Gasteiger partial charge in [0.2, 0.25) is 0 Å². The normalized spacial score (nSPS) is 11.6. The van der Waals surface area contributed by atoms with Gasteiger partial charge < -0.3 is 14.8 Å². The number of hydrogen-bond donors (Lipinski definition) is 1. The van der Waals surface area contributed by atoms with Crippen LogP contribution in [0.1, 0.15) is 18.1 Å². The smallest absolute Gasteiger partial charge is 0.416 e. The van der Waals surface area contributed by atoms with Crippen LogP contribution in [0.3, 0.4) is 0 Å². The molecule has 0 aliphatic carbocycles. The van der Waals surface area contributed by atoms with Gasteiger partial charge in [0.1, 0.15) is 5.82 Å². The number of halogens is 6. The van der Waals surface area contributed by atoms with Gasteiger partial charge in [-0.05, 0) is 81.2 Å². The fourth-order valence-corrected chi connectivity index (χ4v) is 5.29. The third-order valence-electron chi connectivity index (χ3n) is 6.47. The number of benzene rings is 4. The molecule has 5 rings (SSSR count). The van der Waals surface area contributed by atoms with Crippen LogP contribution in [-0.4, -0.2) is 35.0 Å². The number of alkyl halides is 3. The van der Waals surface area contributed by atoms with Crippen molar-refractivity contribution >= 4 is 60.6 Å². The molecule has 0 aliphatic rings. The maximum Gasteiger partial charge on any atom is 0.416 e. The minimum absolute atomic E-state index is 0.00383. The highest BCUT2D eigenvalue weighted by Crippen LogP contribution is 2.42. The molecule has 1 aromatic heterocycles. The van der Waals surface area contributed by atoms with Crippen molar-refractivity contribution in [3.8, 4) is 22.9 Å². The van der Waals surface area contributed by atoms with E-state index in [0.29, 0.717) is 14.5 Å². The summed E-state index contributed by atoms with van der Waals surface area (Å²) in [5.41, 5.74) is -0.814. The monoisotopic (exact) mass is 760 g/mol. The van der Waals surface area contributed by atoms with Crippen molar-refractivity contribution < 1.29 is 31.8 Å². The zero-order valence-corrected chi connectivity index (χ0v) is 26.9. The number of carbonyl (C=O) groups is 1. The van der Waals surface area contributed by atoms with Crippen LogP contribution in [0.2, 0.25) is 0 Å². The van der Waals surface area contributed by atoms with Crippen molar-refractivity contribution in [2.24, 2.45) is 5.10 Å². The van der Waals surface area contributed by atoms with Gasteiger partial charge in [0.25, 0.3) is 11.5 Å². The number of rotatable bonds is 9. The van der Waals surface area contributed by atoms with Crippen LogP contribution in [0, 0.1) is 5.82 Å². The number of hydrogen-bond acceptors (Lipinski definition) is 6. The standard InChI is InChI=1S/C32H22Br2F4N4O4/c1-2-45-25-15-19(27(33)28(34)29(25)46-17-26(43)40-24-13-6-4-11-22(24)35)16-39-42-30(18-8-7-9-20(14-18)32(36,37)38)41-23-12-5-3-10-21(23)31(42)44/h3-16H,2,17H2,1H3,(H,40,43). The maximum atomic E-state index is 14.0. The average Bonchev–Trinajstić information content (AvgIpc) is 3.03. The van der Waals surface area contributed by atoms with Crippen molar-refractivity contribution in [3.63, 3.8) is 0 Å². The lowest BCUT2D eigenvalue weighted by atomic mass is 10.1. The third-order valence-corrected chi connectivity index (χ3v) is 8.61. The number of fused-ring (bicyclic) bond motifs is 1. The van der Waals surface area contributed by atoms with Crippen molar-refractivity contribution in [2.75, 3.05) is 18.5 Å². The molecular formula is C32H22Br2F4N4O4. The quantitative estimate of drug-likeness (QED) is 0.121. The molecule has 46 heavy (non-hydrogen) atoms. The molecule has 0 atom stereocenters. The number of nitrogens with one attached hydrogen (secondary N) is 1. The Bertz CT molecular complexity index is 2030. The topological polar surface area (TPSA) is 94.8 Å². The van der Waals surface area contributed by atoms with Crippen LogP contribution in [0.4, 0.5) is 23.2 Å². The largest absolute Gasteiger partial charge is 0.490 e. The number of anilines is 1. The zero-order valence-electron chi connectivity index (χ0n) is 23.7. The highest BCUT2D eigenvalue weighted by atomic mass is 79.9. The molecule has 236 valence electrons. The van der Waals surface area contributed by atoms with Gasteiger partial charge in [0.15, 0.2) is 23.9 Å². The number of nitrogens with zero attached hydrogens (tertiary/aromatic N) is 3. The van der Waals surface area contributed by atoms with Gasteiger partial charge >= 0.3 is 6.18 Å². The lowest BCUT2D eigenvalue weighted by Crippen LogP contribution is -2.21. The lowest BCUT2D eigenvalue weighted by molar-refractivity contribution is -0.137. The van der Waals surface area contributed by atoms with Gasteiger partial charge in [0.05, 0.1) is 39.4 Å². The van der Waals surface area contributed by atoms with E-state index in [1.54, 1.807) is 37.3 Å². The lowest BCUT2D eigenvalue weighted by Gasteiger charge is -2.16. The molecule has 0 saturated carbocycles. The second-order valence-corrected chi connectivity index (χ2v) is 11.1. The molecular weight excluding hydrogens is 740 g/mol.